The summed E-state index contributed by atoms with van der Waals surface area (Å²) in [7, 11) is 1.43. The molecule has 1 atom stereocenters. The summed E-state index contributed by atoms with van der Waals surface area (Å²) >= 11 is 0. The number of hydrogen-bond acceptors (Lipinski definition) is 6. The Kier molecular flexibility index (Phi) is 4.93. The van der Waals surface area contributed by atoms with E-state index in [1.54, 1.807) is 45.0 Å². The molecule has 7 heteroatoms. The minimum atomic E-state index is -0.860. The number of carbonyl (C=O) groups excluding carboxylic acids is 2. The summed E-state index contributed by atoms with van der Waals surface area (Å²) in [5, 5.41) is 20.7. The second-order valence-electron chi connectivity index (χ2n) is 7.69. The number of ketones is 1. The number of aliphatic hydroxyl groups is 1. The Morgan fingerprint density at radius 1 is 1.25 bits per heavy atom. The molecular formula is C21H23NO6. The van der Waals surface area contributed by atoms with Crippen LogP contribution >= 0.6 is 0 Å². The fourth-order valence-corrected chi connectivity index (χ4v) is 3.25. The highest BCUT2D eigenvalue weighted by atomic mass is 16.5. The van der Waals surface area contributed by atoms with Crippen molar-refractivity contribution in [1.29, 1.82) is 0 Å². The third-order valence-electron chi connectivity index (χ3n) is 4.65. The van der Waals surface area contributed by atoms with Crippen LogP contribution in [-0.4, -0.2) is 33.9 Å². The van der Waals surface area contributed by atoms with Crippen molar-refractivity contribution >= 4 is 11.7 Å². The molecule has 1 aliphatic rings. The minimum absolute atomic E-state index is 0.00798. The van der Waals surface area contributed by atoms with Crippen LogP contribution < -0.4 is 4.74 Å². The Bertz CT molecular complexity index is 936. The Hall–Kier alpha value is -3.22. The maximum absolute atomic E-state index is 13.1. The summed E-state index contributed by atoms with van der Waals surface area (Å²) in [6.45, 7) is 5.22. The van der Waals surface area contributed by atoms with Gasteiger partial charge in [-0.25, -0.2) is 0 Å². The van der Waals surface area contributed by atoms with E-state index in [1.165, 1.54) is 24.3 Å². The molecule has 0 fully saturated rings. The van der Waals surface area contributed by atoms with E-state index in [1.807, 2.05) is 0 Å². The van der Waals surface area contributed by atoms with Crippen molar-refractivity contribution in [1.82, 2.24) is 4.90 Å². The third kappa shape index (κ3) is 3.35. The van der Waals surface area contributed by atoms with Gasteiger partial charge in [0.1, 0.15) is 5.76 Å². The number of aliphatic hydroxyl groups excluding tert-OH is 1. The molecule has 148 valence electrons. The van der Waals surface area contributed by atoms with Gasteiger partial charge in [-0.2, -0.15) is 0 Å². The second kappa shape index (κ2) is 7.07. The van der Waals surface area contributed by atoms with Crippen molar-refractivity contribution in [2.75, 3.05) is 7.11 Å². The van der Waals surface area contributed by atoms with Gasteiger partial charge in [0, 0.05) is 5.41 Å². The number of carbonyl (C=O) groups is 2. The molecule has 0 saturated heterocycles. The van der Waals surface area contributed by atoms with Crippen LogP contribution in [0.3, 0.4) is 0 Å². The molecule has 0 spiro atoms. The number of benzene rings is 1. The van der Waals surface area contributed by atoms with Crippen molar-refractivity contribution in [3.8, 4) is 11.5 Å². The third-order valence-corrected chi connectivity index (χ3v) is 4.65. The lowest BCUT2D eigenvalue weighted by atomic mass is 9.82. The van der Waals surface area contributed by atoms with Crippen LogP contribution in [-0.2, 0) is 16.1 Å². The first-order valence-electron chi connectivity index (χ1n) is 8.83. The highest BCUT2D eigenvalue weighted by Crippen LogP contribution is 2.43. The molecule has 1 aromatic carbocycles. The van der Waals surface area contributed by atoms with Crippen LogP contribution in [0, 0.1) is 5.41 Å². The van der Waals surface area contributed by atoms with Gasteiger partial charge < -0.3 is 24.3 Å². The van der Waals surface area contributed by atoms with Gasteiger partial charge in [0.05, 0.1) is 31.5 Å². The molecule has 3 rings (SSSR count). The molecule has 1 aromatic heterocycles. The fourth-order valence-electron chi connectivity index (χ4n) is 3.25. The van der Waals surface area contributed by atoms with Crippen LogP contribution in [0.4, 0.5) is 0 Å². The number of Topliss-reactive ketones (excluding diaryl/α,β-unsaturated/α-hetero) is 1. The van der Waals surface area contributed by atoms with Gasteiger partial charge in [0.2, 0.25) is 0 Å². The monoisotopic (exact) mass is 385 g/mol. The normalized spacial score (nSPS) is 17.4. The van der Waals surface area contributed by atoms with Gasteiger partial charge in [0.15, 0.2) is 23.0 Å². The number of methoxy groups -OCH3 is 1. The van der Waals surface area contributed by atoms with E-state index >= 15 is 0 Å². The van der Waals surface area contributed by atoms with Gasteiger partial charge in [-0.05, 0) is 29.8 Å². The summed E-state index contributed by atoms with van der Waals surface area (Å²) in [5.74, 6) is -0.938. The first-order chi connectivity index (χ1) is 13.1. The number of hydrogen-bond donors (Lipinski definition) is 2. The highest BCUT2D eigenvalue weighted by molar-refractivity contribution is 6.10. The number of rotatable bonds is 5. The average molecular weight is 385 g/mol. The van der Waals surface area contributed by atoms with Gasteiger partial charge in [-0.3, -0.25) is 9.59 Å². The van der Waals surface area contributed by atoms with Crippen molar-refractivity contribution in [3.05, 3.63) is 59.3 Å². The van der Waals surface area contributed by atoms with E-state index < -0.39 is 23.1 Å². The van der Waals surface area contributed by atoms with E-state index in [2.05, 4.69) is 0 Å². The molecular weight excluding hydrogens is 362 g/mol. The van der Waals surface area contributed by atoms with Gasteiger partial charge >= 0.3 is 0 Å². The topological polar surface area (TPSA) is 100 Å². The number of nitrogens with zero attached hydrogens (tertiary/aromatic N) is 1. The number of ether oxygens (including phenoxy) is 1. The molecule has 0 saturated carbocycles. The molecule has 2 aromatic rings. The fraction of sp³-hybridized carbons (Fsp3) is 0.333. The molecule has 7 nitrogen and oxygen atoms in total. The summed E-state index contributed by atoms with van der Waals surface area (Å²) in [4.78, 5) is 27.2. The molecule has 1 amide bonds. The molecule has 1 aliphatic heterocycles. The van der Waals surface area contributed by atoms with Crippen LogP contribution in [0.1, 0.15) is 38.1 Å². The Morgan fingerprint density at radius 3 is 2.50 bits per heavy atom. The zero-order valence-corrected chi connectivity index (χ0v) is 16.2. The number of phenolic OH excluding ortho intramolecular Hbond substituents is 1. The highest BCUT2D eigenvalue weighted by Gasteiger charge is 2.46. The second-order valence-corrected chi connectivity index (χ2v) is 7.69. The van der Waals surface area contributed by atoms with Gasteiger partial charge in [0.25, 0.3) is 5.91 Å². The van der Waals surface area contributed by atoms with Gasteiger partial charge in [-0.15, -0.1) is 0 Å². The average Bonchev–Trinajstić information content (AvgIpc) is 3.22. The summed E-state index contributed by atoms with van der Waals surface area (Å²) in [5.41, 5.74) is -0.319. The van der Waals surface area contributed by atoms with Crippen molar-refractivity contribution < 1.29 is 29.0 Å². The smallest absolute Gasteiger partial charge is 0.290 e. The lowest BCUT2D eigenvalue weighted by Gasteiger charge is -2.28. The van der Waals surface area contributed by atoms with E-state index in [-0.39, 0.29) is 29.4 Å². The first kappa shape index (κ1) is 19.5. The zero-order chi connectivity index (χ0) is 20.6. The van der Waals surface area contributed by atoms with Gasteiger partial charge in [-0.1, -0.05) is 26.8 Å². The standard InChI is InChI=1S/C21H23NO6/c1-21(2,3)19(25)16-17(12-7-8-15(27-4)14(23)10-12)22(20(26)18(16)24)11-13-6-5-9-28-13/h5-10,17,23-24H,11H2,1-4H3. The predicted octanol–water partition coefficient (Wildman–Crippen LogP) is 3.50. The maximum Gasteiger partial charge on any atom is 0.290 e. The predicted molar refractivity (Wildman–Crippen MR) is 101 cm³/mol. The summed E-state index contributed by atoms with van der Waals surface area (Å²) in [6, 6.07) is 7.17. The molecule has 0 radical (unpaired) electrons. The molecule has 2 N–H and O–H groups in total. The molecule has 28 heavy (non-hydrogen) atoms. The number of aromatic hydroxyl groups is 1. The number of phenols is 1. The van der Waals surface area contributed by atoms with Crippen molar-refractivity contribution in [2.45, 2.75) is 33.4 Å². The molecule has 0 aliphatic carbocycles. The quantitative estimate of drug-likeness (QED) is 0.817. The Labute approximate surface area is 162 Å². The maximum atomic E-state index is 13.1. The van der Waals surface area contributed by atoms with Crippen LogP contribution in [0.15, 0.2) is 52.3 Å². The minimum Gasteiger partial charge on any atom is -0.504 e. The zero-order valence-electron chi connectivity index (χ0n) is 16.2. The first-order valence-corrected chi connectivity index (χ1v) is 8.83. The Morgan fingerprint density at radius 2 is 1.96 bits per heavy atom. The summed E-state index contributed by atoms with van der Waals surface area (Å²) < 4.78 is 10.4. The van der Waals surface area contributed by atoms with E-state index in [4.69, 9.17) is 9.15 Å². The van der Waals surface area contributed by atoms with Crippen LogP contribution in [0.2, 0.25) is 0 Å². The van der Waals surface area contributed by atoms with E-state index in [9.17, 15) is 19.8 Å². The van der Waals surface area contributed by atoms with Crippen LogP contribution in [0.5, 0.6) is 11.5 Å². The van der Waals surface area contributed by atoms with Crippen molar-refractivity contribution in [3.63, 3.8) is 0 Å². The Balaban J connectivity index is 2.12. The molecule has 0 bridgehead atoms. The lowest BCUT2D eigenvalue weighted by molar-refractivity contribution is -0.130. The largest absolute Gasteiger partial charge is 0.504 e. The van der Waals surface area contributed by atoms with E-state index in [0.717, 1.165) is 0 Å². The number of furan rings is 1. The molecule has 2 heterocycles. The summed E-state index contributed by atoms with van der Waals surface area (Å²) in [6.07, 6.45) is 1.48. The number of amides is 1. The SMILES string of the molecule is COc1ccc(C2C(C(=O)C(C)(C)C)=C(O)C(=O)N2Cc2ccco2)cc1O. The lowest BCUT2D eigenvalue weighted by Crippen LogP contribution is -2.32. The van der Waals surface area contributed by atoms with E-state index in [0.29, 0.717) is 11.3 Å². The molecule has 1 unspecified atom stereocenters. The van der Waals surface area contributed by atoms with Crippen LogP contribution in [0.25, 0.3) is 0 Å². The van der Waals surface area contributed by atoms with Crippen molar-refractivity contribution in [2.24, 2.45) is 5.41 Å².